The van der Waals surface area contributed by atoms with Crippen LogP contribution in [0.5, 0.6) is 11.5 Å². The number of hydrogen-bond donors (Lipinski definition) is 1. The van der Waals surface area contributed by atoms with Crippen LogP contribution in [0, 0.1) is 5.82 Å². The minimum absolute atomic E-state index is 0.0781. The Morgan fingerprint density at radius 2 is 2.06 bits per heavy atom. The lowest BCUT2D eigenvalue weighted by atomic mass is 9.85. The number of anilines is 1. The number of nitrogens with zero attached hydrogens (tertiary/aromatic N) is 3. The van der Waals surface area contributed by atoms with E-state index in [-0.39, 0.29) is 18.2 Å². The molecule has 2 aliphatic rings. The van der Waals surface area contributed by atoms with Crippen molar-refractivity contribution in [1.29, 1.82) is 0 Å². The average molecular weight is 495 g/mol. The fourth-order valence-corrected chi connectivity index (χ4v) is 5.13. The lowest BCUT2D eigenvalue weighted by molar-refractivity contribution is -0.116. The molecule has 182 valence electrons. The van der Waals surface area contributed by atoms with Gasteiger partial charge in [-0.05, 0) is 43.0 Å². The number of Topliss-reactive ketones (excluding diaryl/α,β-unsaturated/α-hetero) is 1. The molecule has 0 fully saturated rings. The van der Waals surface area contributed by atoms with Crippen LogP contribution >= 0.6 is 11.8 Å². The van der Waals surface area contributed by atoms with Crippen LogP contribution in [0.2, 0.25) is 0 Å². The van der Waals surface area contributed by atoms with Gasteiger partial charge in [-0.25, -0.2) is 9.07 Å². The zero-order valence-corrected chi connectivity index (χ0v) is 20.5. The van der Waals surface area contributed by atoms with E-state index in [1.54, 1.807) is 47.8 Å². The molecule has 0 amide bonds. The second-order valence-electron chi connectivity index (χ2n) is 8.50. The van der Waals surface area contributed by atoms with Gasteiger partial charge < -0.3 is 14.8 Å². The molecule has 1 N–H and O–H groups in total. The molecule has 0 saturated heterocycles. The minimum atomic E-state index is -0.410. The first-order valence-electron chi connectivity index (χ1n) is 11.8. The van der Waals surface area contributed by atoms with Gasteiger partial charge in [0.15, 0.2) is 17.3 Å². The largest absolute Gasteiger partial charge is 0.493 e. The maximum Gasteiger partial charge on any atom is 0.227 e. The fourth-order valence-electron chi connectivity index (χ4n) is 4.44. The van der Waals surface area contributed by atoms with Crippen molar-refractivity contribution < 1.29 is 18.7 Å². The second-order valence-corrected chi connectivity index (χ2v) is 9.56. The number of methoxy groups -OCH3 is 1. The third kappa shape index (κ3) is 4.65. The summed E-state index contributed by atoms with van der Waals surface area (Å²) in [5.74, 6) is 2.36. The number of nitrogens with one attached hydrogen (secondary N) is 1. The van der Waals surface area contributed by atoms with Gasteiger partial charge in [0.2, 0.25) is 11.1 Å². The summed E-state index contributed by atoms with van der Waals surface area (Å²) in [5, 5.41) is 8.78. The molecule has 1 unspecified atom stereocenters. The van der Waals surface area contributed by atoms with Gasteiger partial charge in [-0.15, -0.1) is 5.10 Å². The fraction of sp³-hybridized carbons (Fsp3) is 0.346. The Hall–Kier alpha value is -3.33. The van der Waals surface area contributed by atoms with E-state index in [9.17, 15) is 9.18 Å². The predicted octanol–water partition coefficient (Wildman–Crippen LogP) is 5.53. The molecule has 9 heteroatoms. The van der Waals surface area contributed by atoms with Crippen LogP contribution in [0.3, 0.4) is 0 Å². The number of carbonyl (C=O) groups excluding carboxylic acids is 1. The van der Waals surface area contributed by atoms with Gasteiger partial charge >= 0.3 is 0 Å². The van der Waals surface area contributed by atoms with Crippen LogP contribution < -0.4 is 14.8 Å². The first kappa shape index (κ1) is 23.4. The molecule has 2 aromatic carbocycles. The predicted molar refractivity (Wildman–Crippen MR) is 132 cm³/mol. The van der Waals surface area contributed by atoms with E-state index in [1.807, 2.05) is 12.1 Å². The Kier molecular flexibility index (Phi) is 6.77. The molecule has 1 aliphatic carbocycles. The summed E-state index contributed by atoms with van der Waals surface area (Å²) in [5.41, 5.74) is 2.95. The molecule has 35 heavy (non-hydrogen) atoms. The summed E-state index contributed by atoms with van der Waals surface area (Å²) in [6.07, 6.45) is 3.14. The first-order valence-corrected chi connectivity index (χ1v) is 12.7. The van der Waals surface area contributed by atoms with Gasteiger partial charge in [-0.3, -0.25) is 4.79 Å². The van der Waals surface area contributed by atoms with Crippen molar-refractivity contribution in [2.45, 2.75) is 50.4 Å². The van der Waals surface area contributed by atoms with E-state index in [2.05, 4.69) is 17.2 Å². The highest BCUT2D eigenvalue weighted by molar-refractivity contribution is 7.99. The minimum Gasteiger partial charge on any atom is -0.493 e. The van der Waals surface area contributed by atoms with Crippen LogP contribution in [-0.2, 0) is 11.4 Å². The van der Waals surface area contributed by atoms with Crippen LogP contribution in [0.25, 0.3) is 0 Å². The molecule has 1 aromatic heterocycles. The molecule has 5 rings (SSSR count). The third-order valence-corrected chi connectivity index (χ3v) is 7.17. The molecule has 1 atom stereocenters. The highest BCUT2D eigenvalue weighted by Gasteiger charge is 2.37. The summed E-state index contributed by atoms with van der Waals surface area (Å²) in [7, 11) is 1.56. The van der Waals surface area contributed by atoms with E-state index >= 15 is 0 Å². The molecule has 3 aromatic rings. The molecule has 7 nitrogen and oxygen atoms in total. The van der Waals surface area contributed by atoms with Gasteiger partial charge in [0, 0.05) is 29.0 Å². The SMILES string of the molecule is CCCSc1nc2n(n1)C(c1ccc(OCc3ccccc3F)c(OC)c1)C1=C(CCCC1=O)N2. The number of benzene rings is 2. The van der Waals surface area contributed by atoms with Crippen LogP contribution in [0.1, 0.15) is 49.8 Å². The summed E-state index contributed by atoms with van der Waals surface area (Å²) in [6.45, 7) is 2.19. The van der Waals surface area contributed by atoms with Crippen molar-refractivity contribution >= 4 is 23.5 Å². The van der Waals surface area contributed by atoms with Gasteiger partial charge in [-0.1, -0.05) is 43.0 Å². The second kappa shape index (κ2) is 10.1. The zero-order valence-electron chi connectivity index (χ0n) is 19.7. The average Bonchev–Trinajstić information content (AvgIpc) is 3.28. The van der Waals surface area contributed by atoms with Gasteiger partial charge in [-0.2, -0.15) is 4.98 Å². The van der Waals surface area contributed by atoms with Crippen molar-refractivity contribution in [3.8, 4) is 11.5 Å². The summed E-state index contributed by atoms with van der Waals surface area (Å²) >= 11 is 1.60. The van der Waals surface area contributed by atoms with E-state index < -0.39 is 6.04 Å². The van der Waals surface area contributed by atoms with Crippen molar-refractivity contribution in [1.82, 2.24) is 14.8 Å². The highest BCUT2D eigenvalue weighted by atomic mass is 32.2. The number of thioether (sulfide) groups is 1. The maximum atomic E-state index is 14.0. The molecular formula is C26H27FN4O3S. The maximum absolute atomic E-state index is 14.0. The lowest BCUT2D eigenvalue weighted by Crippen LogP contribution is -2.31. The first-order chi connectivity index (χ1) is 17.1. The standard InChI is InChI=1S/C26H27FN4O3S/c1-3-13-35-26-29-25-28-19-9-6-10-20(32)23(19)24(31(25)30-26)16-11-12-21(22(14-16)33-2)34-15-17-7-4-5-8-18(17)27/h4-5,7-8,11-12,14,24H,3,6,9-10,13,15H2,1-2H3,(H,28,29,30). The lowest BCUT2D eigenvalue weighted by Gasteiger charge is -2.32. The Balaban J connectivity index is 1.50. The molecule has 1 aliphatic heterocycles. The number of carbonyl (C=O) groups is 1. The van der Waals surface area contributed by atoms with Crippen LogP contribution in [0.4, 0.5) is 10.3 Å². The van der Waals surface area contributed by atoms with Gasteiger partial charge in [0.1, 0.15) is 18.5 Å². The molecule has 0 radical (unpaired) electrons. The van der Waals surface area contributed by atoms with E-state index in [0.717, 1.165) is 41.8 Å². The number of allylic oxidation sites excluding steroid dienone is 2. The van der Waals surface area contributed by atoms with E-state index in [1.165, 1.54) is 6.07 Å². The van der Waals surface area contributed by atoms with Crippen molar-refractivity contribution in [2.75, 3.05) is 18.2 Å². The summed E-state index contributed by atoms with van der Waals surface area (Å²) in [4.78, 5) is 17.7. The Morgan fingerprint density at radius 3 is 2.86 bits per heavy atom. The number of aromatic nitrogens is 3. The van der Waals surface area contributed by atoms with E-state index in [4.69, 9.17) is 14.6 Å². The molecule has 0 saturated carbocycles. The smallest absolute Gasteiger partial charge is 0.227 e. The van der Waals surface area contributed by atoms with Crippen molar-refractivity contribution in [2.24, 2.45) is 0 Å². The van der Waals surface area contributed by atoms with Gasteiger partial charge in [0.05, 0.1) is 7.11 Å². The normalized spacial score (nSPS) is 17.0. The van der Waals surface area contributed by atoms with E-state index in [0.29, 0.717) is 34.6 Å². The topological polar surface area (TPSA) is 78.3 Å². The highest BCUT2D eigenvalue weighted by Crippen LogP contribution is 2.42. The van der Waals surface area contributed by atoms with Crippen LogP contribution in [-0.4, -0.2) is 33.4 Å². The number of hydrogen-bond acceptors (Lipinski definition) is 7. The number of fused-ring (bicyclic) bond motifs is 1. The Bertz CT molecular complexity index is 1290. The number of ether oxygens (including phenoxy) is 2. The zero-order chi connectivity index (χ0) is 24.4. The van der Waals surface area contributed by atoms with Gasteiger partial charge in [0.25, 0.3) is 0 Å². The van der Waals surface area contributed by atoms with Crippen molar-refractivity contribution in [3.63, 3.8) is 0 Å². The quantitative estimate of drug-likeness (QED) is 0.413. The molecule has 0 bridgehead atoms. The Morgan fingerprint density at radius 1 is 1.20 bits per heavy atom. The summed E-state index contributed by atoms with van der Waals surface area (Å²) < 4.78 is 27.3. The number of halogens is 1. The number of rotatable bonds is 8. The monoisotopic (exact) mass is 494 g/mol. The number of ketones is 1. The third-order valence-electron chi connectivity index (χ3n) is 6.13. The molecule has 0 spiro atoms. The Labute approximate surface area is 207 Å². The molecule has 2 heterocycles. The van der Waals surface area contributed by atoms with Crippen molar-refractivity contribution in [3.05, 3.63) is 70.7 Å². The molecular weight excluding hydrogens is 467 g/mol. The van der Waals surface area contributed by atoms with Crippen LogP contribution in [0.15, 0.2) is 58.9 Å². The summed E-state index contributed by atoms with van der Waals surface area (Å²) in [6, 6.07) is 11.7.